The Labute approximate surface area is 108 Å². The summed E-state index contributed by atoms with van der Waals surface area (Å²) in [7, 11) is -3.65. The van der Waals surface area contributed by atoms with E-state index >= 15 is 0 Å². The van der Waals surface area contributed by atoms with Crippen molar-refractivity contribution in [2.75, 3.05) is 11.9 Å². The molecule has 0 spiro atoms. The van der Waals surface area contributed by atoms with E-state index in [1.54, 1.807) is 0 Å². The summed E-state index contributed by atoms with van der Waals surface area (Å²) < 4.78 is 22.0. The van der Waals surface area contributed by atoms with E-state index in [2.05, 4.69) is 10.3 Å². The van der Waals surface area contributed by atoms with Crippen molar-refractivity contribution >= 4 is 33.1 Å². The molecule has 0 radical (unpaired) electrons. The largest absolute Gasteiger partial charge is 0.367 e. The number of rotatable bonds is 5. The van der Waals surface area contributed by atoms with Gasteiger partial charge in [-0.25, -0.2) is 18.5 Å². The Bertz CT molecular complexity index is 562. The van der Waals surface area contributed by atoms with Crippen LogP contribution in [0.15, 0.2) is 12.3 Å². The van der Waals surface area contributed by atoms with Gasteiger partial charge in [0.25, 0.3) is 5.69 Å². The number of hydrogen-bond acceptors (Lipinski definition) is 6. The van der Waals surface area contributed by atoms with E-state index < -0.39 is 20.2 Å². The van der Waals surface area contributed by atoms with Crippen molar-refractivity contribution in [1.82, 2.24) is 4.98 Å². The number of nitrogens with zero attached hydrogens (tertiary/aromatic N) is 2. The smallest absolute Gasteiger partial charge is 0.289 e. The van der Waals surface area contributed by atoms with Crippen LogP contribution < -0.4 is 10.5 Å². The fourth-order valence-electron chi connectivity index (χ4n) is 1.01. The normalized spacial score (nSPS) is 13.1. The molecule has 0 aromatic carbocycles. The van der Waals surface area contributed by atoms with Gasteiger partial charge in [0, 0.05) is 12.6 Å². The van der Waals surface area contributed by atoms with Crippen LogP contribution in [-0.4, -0.2) is 30.1 Å². The lowest BCUT2D eigenvalue weighted by atomic mass is 10.4. The average Bonchev–Trinajstić information content (AvgIpc) is 2.25. The fourth-order valence-corrected chi connectivity index (χ4v) is 1.56. The summed E-state index contributed by atoms with van der Waals surface area (Å²) in [5, 5.41) is 17.3. The Morgan fingerprint density at radius 1 is 1.67 bits per heavy atom. The Kier molecular flexibility index (Phi) is 4.43. The van der Waals surface area contributed by atoms with Gasteiger partial charge in [-0.1, -0.05) is 11.6 Å². The van der Waals surface area contributed by atoms with Crippen LogP contribution in [0.5, 0.6) is 0 Å². The minimum atomic E-state index is -3.65. The van der Waals surface area contributed by atoms with Crippen molar-refractivity contribution in [3.8, 4) is 0 Å². The molecule has 0 aliphatic carbocycles. The molecule has 0 amide bonds. The van der Waals surface area contributed by atoms with Crippen molar-refractivity contribution in [3.63, 3.8) is 0 Å². The second kappa shape index (κ2) is 5.46. The third-order valence-electron chi connectivity index (χ3n) is 2.16. The summed E-state index contributed by atoms with van der Waals surface area (Å²) in [5.41, 5.74) is -0.245. The lowest BCUT2D eigenvalue weighted by Gasteiger charge is -2.11. The zero-order valence-corrected chi connectivity index (χ0v) is 10.9. The predicted molar refractivity (Wildman–Crippen MR) is 67.0 cm³/mol. The van der Waals surface area contributed by atoms with Crippen LogP contribution >= 0.6 is 11.6 Å². The molecule has 1 aromatic heterocycles. The third kappa shape index (κ3) is 3.79. The first-order valence-corrected chi connectivity index (χ1v) is 6.76. The molecule has 1 rings (SSSR count). The van der Waals surface area contributed by atoms with E-state index in [4.69, 9.17) is 16.7 Å². The van der Waals surface area contributed by atoms with Gasteiger partial charge in [0.05, 0.1) is 15.2 Å². The van der Waals surface area contributed by atoms with Gasteiger partial charge < -0.3 is 5.32 Å². The van der Waals surface area contributed by atoms with Gasteiger partial charge in [-0.15, -0.1) is 0 Å². The van der Waals surface area contributed by atoms with Gasteiger partial charge in [0.2, 0.25) is 10.0 Å². The van der Waals surface area contributed by atoms with Crippen LogP contribution in [0, 0.1) is 10.1 Å². The first kappa shape index (κ1) is 14.6. The number of primary sulfonamides is 1. The van der Waals surface area contributed by atoms with Crippen molar-refractivity contribution in [2.45, 2.75) is 12.2 Å². The zero-order chi connectivity index (χ0) is 13.9. The van der Waals surface area contributed by atoms with Gasteiger partial charge in [0.15, 0.2) is 0 Å². The number of anilines is 1. The molecule has 1 aromatic rings. The summed E-state index contributed by atoms with van der Waals surface area (Å²) >= 11 is 5.76. The molecule has 1 heterocycles. The predicted octanol–water partition coefficient (Wildman–Crippen LogP) is 0.732. The Morgan fingerprint density at radius 3 is 2.72 bits per heavy atom. The lowest BCUT2D eigenvalue weighted by molar-refractivity contribution is -0.385. The summed E-state index contributed by atoms with van der Waals surface area (Å²) in [4.78, 5) is 13.6. The van der Waals surface area contributed by atoms with Crippen molar-refractivity contribution in [1.29, 1.82) is 0 Å². The van der Waals surface area contributed by atoms with E-state index in [0.717, 1.165) is 12.3 Å². The average molecular weight is 295 g/mol. The maximum absolute atomic E-state index is 11.0. The molecule has 100 valence electrons. The molecule has 0 bridgehead atoms. The van der Waals surface area contributed by atoms with Crippen molar-refractivity contribution in [3.05, 3.63) is 27.4 Å². The molecule has 8 nitrogen and oxygen atoms in total. The topological polar surface area (TPSA) is 128 Å². The third-order valence-corrected chi connectivity index (χ3v) is 3.73. The molecular weight excluding hydrogens is 284 g/mol. The molecule has 0 aliphatic rings. The van der Waals surface area contributed by atoms with Crippen LogP contribution in [0.2, 0.25) is 5.02 Å². The van der Waals surface area contributed by atoms with E-state index in [0.29, 0.717) is 0 Å². The van der Waals surface area contributed by atoms with Crippen LogP contribution in [-0.2, 0) is 10.0 Å². The molecule has 0 saturated heterocycles. The van der Waals surface area contributed by atoms with E-state index in [-0.39, 0.29) is 23.1 Å². The highest BCUT2D eigenvalue weighted by atomic mass is 35.5. The molecular formula is C8H11ClN4O4S. The minimum Gasteiger partial charge on any atom is -0.367 e. The van der Waals surface area contributed by atoms with E-state index in [1.165, 1.54) is 6.92 Å². The number of nitro groups is 1. The van der Waals surface area contributed by atoms with E-state index in [1.807, 2.05) is 0 Å². The van der Waals surface area contributed by atoms with Crippen LogP contribution in [0.25, 0.3) is 0 Å². The number of hydrogen-bond donors (Lipinski definition) is 2. The molecule has 18 heavy (non-hydrogen) atoms. The van der Waals surface area contributed by atoms with Gasteiger partial charge in [-0.3, -0.25) is 10.1 Å². The quantitative estimate of drug-likeness (QED) is 0.608. The number of nitrogens with one attached hydrogen (secondary N) is 1. The van der Waals surface area contributed by atoms with E-state index in [9.17, 15) is 18.5 Å². The Balaban J connectivity index is 2.78. The number of sulfonamides is 1. The molecule has 0 saturated carbocycles. The number of halogens is 1. The first-order chi connectivity index (χ1) is 8.21. The maximum Gasteiger partial charge on any atom is 0.289 e. The lowest BCUT2D eigenvalue weighted by Crippen LogP contribution is -2.32. The Hall–Kier alpha value is -1.45. The highest BCUT2D eigenvalue weighted by Gasteiger charge is 2.17. The second-order valence-corrected chi connectivity index (χ2v) is 5.95. The van der Waals surface area contributed by atoms with Gasteiger partial charge >= 0.3 is 0 Å². The monoisotopic (exact) mass is 294 g/mol. The molecule has 10 heteroatoms. The van der Waals surface area contributed by atoms with Gasteiger partial charge in [-0.05, 0) is 6.92 Å². The summed E-state index contributed by atoms with van der Waals surface area (Å²) in [6.45, 7) is 1.42. The molecule has 3 N–H and O–H groups in total. The van der Waals surface area contributed by atoms with Gasteiger partial charge in [0.1, 0.15) is 12.0 Å². The number of aromatic nitrogens is 1. The summed E-state index contributed by atoms with van der Waals surface area (Å²) in [6, 6.07) is 1.12. The standard InChI is InChI=1S/C8H11ClN4O4S/c1-5(18(10,16)17)3-11-8-7(9)2-6(4-12-8)13(14)15/h2,4-5H,3H2,1H3,(H,11,12)(H2,10,16,17). The second-order valence-electron chi connectivity index (χ2n) is 3.56. The highest BCUT2D eigenvalue weighted by molar-refractivity contribution is 7.89. The van der Waals surface area contributed by atoms with Crippen LogP contribution in [0.1, 0.15) is 6.92 Å². The zero-order valence-electron chi connectivity index (χ0n) is 9.33. The minimum absolute atomic E-state index is 0.00334. The van der Waals surface area contributed by atoms with Crippen molar-refractivity contribution in [2.24, 2.45) is 5.14 Å². The van der Waals surface area contributed by atoms with Gasteiger partial charge in [-0.2, -0.15) is 0 Å². The fraction of sp³-hybridized carbons (Fsp3) is 0.375. The molecule has 1 unspecified atom stereocenters. The van der Waals surface area contributed by atoms with Crippen LogP contribution in [0.3, 0.4) is 0 Å². The highest BCUT2D eigenvalue weighted by Crippen LogP contribution is 2.23. The molecule has 0 fully saturated rings. The number of pyridine rings is 1. The summed E-state index contributed by atoms with van der Waals surface area (Å²) in [6.07, 6.45) is 1.02. The number of nitrogens with two attached hydrogens (primary N) is 1. The first-order valence-electron chi connectivity index (χ1n) is 4.77. The Morgan fingerprint density at radius 2 is 2.28 bits per heavy atom. The SMILES string of the molecule is CC(CNc1ncc([N+](=O)[O-])cc1Cl)S(N)(=O)=O. The molecule has 1 atom stereocenters. The molecule has 0 aliphatic heterocycles. The van der Waals surface area contributed by atoms with Crippen LogP contribution in [0.4, 0.5) is 11.5 Å². The maximum atomic E-state index is 11.0. The summed E-state index contributed by atoms with van der Waals surface area (Å²) in [5.74, 6) is 0.165. The van der Waals surface area contributed by atoms with Crippen molar-refractivity contribution < 1.29 is 13.3 Å².